The zero-order valence-electron chi connectivity index (χ0n) is 18.0. The molecule has 0 spiro atoms. The number of hydroxylamine groups is 2. The Labute approximate surface area is 181 Å². The van der Waals surface area contributed by atoms with Crippen LogP contribution < -0.4 is 20.3 Å². The number of amides is 2. The molecule has 2 rings (SSSR count). The summed E-state index contributed by atoms with van der Waals surface area (Å²) in [5, 5.41) is 9.97. The first-order chi connectivity index (χ1) is 15.0. The van der Waals surface area contributed by atoms with E-state index in [1.807, 2.05) is 6.07 Å². The van der Waals surface area contributed by atoms with Crippen LogP contribution in [0.1, 0.15) is 32.6 Å². The molecule has 31 heavy (non-hydrogen) atoms. The quantitative estimate of drug-likeness (QED) is 0.191. The number of aromatic nitrogens is 2. The number of unbranched alkanes of at least 4 members (excludes halogenated alkanes) is 2. The second-order valence-electron chi connectivity index (χ2n) is 6.84. The summed E-state index contributed by atoms with van der Waals surface area (Å²) in [5.74, 6) is 0.386. The van der Waals surface area contributed by atoms with E-state index < -0.39 is 5.92 Å². The van der Waals surface area contributed by atoms with Gasteiger partial charge in [0.15, 0.2) is 0 Å². The highest BCUT2D eigenvalue weighted by Crippen LogP contribution is 2.37. The van der Waals surface area contributed by atoms with Crippen LogP contribution in [0.4, 0.5) is 5.95 Å². The Morgan fingerprint density at radius 3 is 2.55 bits per heavy atom. The molecule has 1 aromatic heterocycles. The number of nitrogens with zero attached hydrogens (tertiary/aromatic N) is 3. The molecule has 0 aliphatic rings. The van der Waals surface area contributed by atoms with Crippen LogP contribution in [0.5, 0.6) is 11.5 Å². The molecule has 10 heteroatoms. The molecule has 1 unspecified atom stereocenters. The second kappa shape index (κ2) is 12.3. The minimum atomic E-state index is -0.577. The molecule has 1 atom stereocenters. The largest absolute Gasteiger partial charge is 0.496 e. The van der Waals surface area contributed by atoms with Crippen molar-refractivity contribution >= 4 is 18.3 Å². The fourth-order valence-corrected chi connectivity index (χ4v) is 3.10. The van der Waals surface area contributed by atoms with Gasteiger partial charge in [0.25, 0.3) is 0 Å². The number of carbonyl (C=O) groups is 2. The maximum Gasteiger partial charge on any atom is 0.243 e. The Balaban J connectivity index is 2.13. The minimum absolute atomic E-state index is 0.0972. The number of carbonyl (C=O) groups excluding carboxylic acids is 2. The summed E-state index contributed by atoms with van der Waals surface area (Å²) < 4.78 is 10.8. The summed E-state index contributed by atoms with van der Waals surface area (Å²) in [6.45, 7) is 1.96. The monoisotopic (exact) mass is 431 g/mol. The van der Waals surface area contributed by atoms with Crippen molar-refractivity contribution in [3.05, 3.63) is 30.5 Å². The van der Waals surface area contributed by atoms with Crippen molar-refractivity contribution in [1.29, 1.82) is 0 Å². The van der Waals surface area contributed by atoms with E-state index in [9.17, 15) is 14.8 Å². The molecule has 0 bridgehead atoms. The lowest BCUT2D eigenvalue weighted by Gasteiger charge is -2.19. The number of hydrazine groups is 1. The molecule has 2 amide bonds. The van der Waals surface area contributed by atoms with E-state index in [-0.39, 0.29) is 24.8 Å². The van der Waals surface area contributed by atoms with Crippen molar-refractivity contribution < 1.29 is 24.3 Å². The molecule has 10 nitrogen and oxygen atoms in total. The molecule has 0 saturated carbocycles. The Bertz CT molecular complexity index is 842. The Hall–Kier alpha value is -3.40. The smallest absolute Gasteiger partial charge is 0.243 e. The lowest BCUT2D eigenvalue weighted by atomic mass is 10.0. The lowest BCUT2D eigenvalue weighted by molar-refractivity contribution is -0.154. The molecule has 0 aliphatic carbocycles. The maximum absolute atomic E-state index is 12.6. The Morgan fingerprint density at radius 1 is 1.23 bits per heavy atom. The maximum atomic E-state index is 12.6. The van der Waals surface area contributed by atoms with Crippen LogP contribution in [-0.2, 0) is 9.59 Å². The third kappa shape index (κ3) is 6.82. The number of hydrogen-bond acceptors (Lipinski definition) is 8. The van der Waals surface area contributed by atoms with E-state index in [0.717, 1.165) is 19.3 Å². The number of nitrogens with one attached hydrogen (secondary N) is 2. The summed E-state index contributed by atoms with van der Waals surface area (Å²) >= 11 is 0. The third-order valence-electron chi connectivity index (χ3n) is 4.69. The van der Waals surface area contributed by atoms with Crippen molar-refractivity contribution in [1.82, 2.24) is 20.5 Å². The predicted octanol–water partition coefficient (Wildman–Crippen LogP) is 2.65. The summed E-state index contributed by atoms with van der Waals surface area (Å²) in [7, 11) is 3.11. The van der Waals surface area contributed by atoms with E-state index >= 15 is 0 Å². The fraction of sp³-hybridized carbons (Fsp3) is 0.429. The van der Waals surface area contributed by atoms with Crippen LogP contribution >= 0.6 is 0 Å². The summed E-state index contributed by atoms with van der Waals surface area (Å²) in [6, 6.07) is 7.10. The number of methoxy groups -OCH3 is 2. The number of ether oxygens (including phenoxy) is 2. The van der Waals surface area contributed by atoms with E-state index in [2.05, 4.69) is 27.7 Å². The van der Waals surface area contributed by atoms with Gasteiger partial charge in [-0.3, -0.25) is 25.6 Å². The molecule has 1 heterocycles. The molecular weight excluding hydrogens is 402 g/mol. The fourth-order valence-electron chi connectivity index (χ4n) is 3.10. The first-order valence-corrected chi connectivity index (χ1v) is 10.0. The second-order valence-corrected chi connectivity index (χ2v) is 6.84. The topological polar surface area (TPSA) is 126 Å². The molecule has 2 aromatic rings. The number of rotatable bonds is 13. The van der Waals surface area contributed by atoms with Gasteiger partial charge in [-0.1, -0.05) is 32.3 Å². The number of benzene rings is 1. The minimum Gasteiger partial charge on any atom is -0.496 e. The number of anilines is 1. The van der Waals surface area contributed by atoms with Crippen molar-refractivity contribution in [3.63, 3.8) is 0 Å². The van der Waals surface area contributed by atoms with Crippen LogP contribution in [0.15, 0.2) is 30.5 Å². The molecule has 0 saturated heterocycles. The third-order valence-corrected chi connectivity index (χ3v) is 4.69. The number of hydrogen-bond donors (Lipinski definition) is 3. The molecule has 1 aromatic carbocycles. The Kier molecular flexibility index (Phi) is 9.50. The van der Waals surface area contributed by atoms with Crippen molar-refractivity contribution in [2.75, 3.05) is 26.2 Å². The molecule has 3 N–H and O–H groups in total. The van der Waals surface area contributed by atoms with Crippen LogP contribution in [0.25, 0.3) is 11.3 Å². The van der Waals surface area contributed by atoms with E-state index in [4.69, 9.17) is 9.47 Å². The van der Waals surface area contributed by atoms with E-state index in [1.165, 1.54) is 0 Å². The summed E-state index contributed by atoms with van der Waals surface area (Å²) in [4.78, 5) is 31.9. The van der Waals surface area contributed by atoms with Gasteiger partial charge in [-0.2, -0.15) is 0 Å². The molecule has 0 radical (unpaired) electrons. The van der Waals surface area contributed by atoms with Crippen LogP contribution in [0.3, 0.4) is 0 Å². The zero-order chi connectivity index (χ0) is 22.6. The highest BCUT2D eigenvalue weighted by molar-refractivity contribution is 5.80. The van der Waals surface area contributed by atoms with Crippen LogP contribution in [0, 0.1) is 5.92 Å². The van der Waals surface area contributed by atoms with Crippen molar-refractivity contribution in [3.8, 4) is 22.8 Å². The van der Waals surface area contributed by atoms with Gasteiger partial charge >= 0.3 is 0 Å². The summed E-state index contributed by atoms with van der Waals surface area (Å²) in [5.41, 5.74) is 6.46. The highest BCUT2D eigenvalue weighted by Gasteiger charge is 2.21. The molecular formula is C21H29N5O5. The first-order valence-electron chi connectivity index (χ1n) is 10.0. The highest BCUT2D eigenvalue weighted by atomic mass is 16.5. The normalized spacial score (nSPS) is 11.4. The molecule has 168 valence electrons. The first kappa shape index (κ1) is 23.9. The molecule has 0 aliphatic heterocycles. The van der Waals surface area contributed by atoms with Gasteiger partial charge in [-0.15, -0.1) is 0 Å². The van der Waals surface area contributed by atoms with Crippen molar-refractivity contribution in [2.24, 2.45) is 5.92 Å². The van der Waals surface area contributed by atoms with Crippen LogP contribution in [0.2, 0.25) is 0 Å². The van der Waals surface area contributed by atoms with Crippen LogP contribution in [-0.4, -0.2) is 53.3 Å². The van der Waals surface area contributed by atoms with Gasteiger partial charge in [0.1, 0.15) is 11.5 Å². The average Bonchev–Trinajstić information content (AvgIpc) is 2.81. The van der Waals surface area contributed by atoms with Gasteiger partial charge in [0.2, 0.25) is 18.3 Å². The van der Waals surface area contributed by atoms with Gasteiger partial charge in [0.05, 0.1) is 37.9 Å². The van der Waals surface area contributed by atoms with Gasteiger partial charge in [-0.05, 0) is 24.6 Å². The van der Waals surface area contributed by atoms with E-state index in [1.54, 1.807) is 38.6 Å². The standard InChI is InChI=1S/C21H29N5O5/c1-4-5-6-8-15(13-26(29)14-27)20(28)24-25-21-22-12-11-16(23-21)19-17(30-2)9-7-10-18(19)31-3/h7,9-12,14-15,29H,4-6,8,13H2,1-3H3,(H,24,28)(H,22,23,25). The van der Waals surface area contributed by atoms with Crippen molar-refractivity contribution in [2.45, 2.75) is 32.6 Å². The van der Waals surface area contributed by atoms with Gasteiger partial charge in [0, 0.05) is 6.20 Å². The van der Waals surface area contributed by atoms with E-state index in [0.29, 0.717) is 34.2 Å². The van der Waals surface area contributed by atoms with Gasteiger partial charge in [-0.25, -0.2) is 15.0 Å². The zero-order valence-corrected chi connectivity index (χ0v) is 18.0. The predicted molar refractivity (Wildman–Crippen MR) is 115 cm³/mol. The summed E-state index contributed by atoms with van der Waals surface area (Å²) in [6.07, 6.45) is 5.11. The lowest BCUT2D eigenvalue weighted by Crippen LogP contribution is -2.40. The van der Waals surface area contributed by atoms with Gasteiger partial charge < -0.3 is 9.47 Å². The Morgan fingerprint density at radius 2 is 1.94 bits per heavy atom. The SMILES string of the molecule is CCCCCC(CN(O)C=O)C(=O)NNc1nccc(-c2c(OC)cccc2OC)n1. The molecule has 0 fully saturated rings. The average molecular weight is 431 g/mol.